The van der Waals surface area contributed by atoms with Gasteiger partial charge in [0.15, 0.2) is 0 Å². The number of nitrogens with one attached hydrogen (secondary N) is 2. The van der Waals surface area contributed by atoms with Crippen molar-refractivity contribution in [1.82, 2.24) is 15.2 Å². The third kappa shape index (κ3) is 6.29. The van der Waals surface area contributed by atoms with Crippen LogP contribution in [0.4, 0.5) is 5.69 Å². The van der Waals surface area contributed by atoms with Gasteiger partial charge in [0.05, 0.1) is 28.8 Å². The Kier molecular flexibility index (Phi) is 7.74. The Balaban J connectivity index is 1.14. The summed E-state index contributed by atoms with van der Waals surface area (Å²) in [5.74, 6) is 0.852. The maximum absolute atomic E-state index is 6.54. The lowest BCUT2D eigenvalue weighted by atomic mass is 9.97. The Hall–Kier alpha value is -4.94. The van der Waals surface area contributed by atoms with Crippen molar-refractivity contribution < 1.29 is 4.74 Å². The Morgan fingerprint density at radius 3 is 2.37 bits per heavy atom. The maximum Gasteiger partial charge on any atom is 0.119 e. The molecule has 0 radical (unpaired) electrons. The zero-order chi connectivity index (χ0) is 28.0. The fourth-order valence-corrected chi connectivity index (χ4v) is 5.01. The molecule has 0 aliphatic heterocycles. The van der Waals surface area contributed by atoms with Gasteiger partial charge in [-0.3, -0.25) is 10.1 Å². The highest BCUT2D eigenvalue weighted by molar-refractivity contribution is 5.90. The number of rotatable bonds is 10. The van der Waals surface area contributed by atoms with E-state index in [1.54, 1.807) is 0 Å². The van der Waals surface area contributed by atoms with E-state index in [4.69, 9.17) is 15.5 Å². The number of hydrogen-bond donors (Lipinski definition) is 3. The molecular formula is C35H33N5O. The highest BCUT2D eigenvalue weighted by Gasteiger charge is 2.13. The number of nitrogens with zero attached hydrogens (tertiary/aromatic N) is 2. The lowest BCUT2D eigenvalue weighted by Gasteiger charge is -2.16. The van der Waals surface area contributed by atoms with E-state index >= 15 is 0 Å². The molecule has 0 saturated carbocycles. The summed E-state index contributed by atoms with van der Waals surface area (Å²) in [7, 11) is 0. The number of anilines is 1. The second-order valence-corrected chi connectivity index (χ2v) is 10.3. The fourth-order valence-electron chi connectivity index (χ4n) is 5.01. The average molecular weight is 540 g/mol. The number of fused-ring (bicyclic) bond motifs is 1. The summed E-state index contributed by atoms with van der Waals surface area (Å²) in [4.78, 5) is 4.89. The van der Waals surface area contributed by atoms with E-state index in [1.807, 2.05) is 61.7 Å². The van der Waals surface area contributed by atoms with Crippen molar-refractivity contribution in [1.29, 1.82) is 0 Å². The van der Waals surface area contributed by atoms with Crippen LogP contribution in [0.15, 0.2) is 115 Å². The zero-order valence-electron chi connectivity index (χ0n) is 23.0. The van der Waals surface area contributed by atoms with Crippen LogP contribution in [0.2, 0.25) is 0 Å². The van der Waals surface area contributed by atoms with Gasteiger partial charge in [0.25, 0.3) is 0 Å². The number of pyridine rings is 1. The molecule has 0 aliphatic carbocycles. The van der Waals surface area contributed by atoms with Crippen LogP contribution in [0, 0.1) is 6.92 Å². The number of aromatic amines is 1. The number of aromatic nitrogens is 3. The molecule has 0 aliphatic rings. The van der Waals surface area contributed by atoms with Gasteiger partial charge in [-0.05, 0) is 60.4 Å². The van der Waals surface area contributed by atoms with Crippen LogP contribution < -0.4 is 15.8 Å². The van der Waals surface area contributed by atoms with Gasteiger partial charge in [-0.2, -0.15) is 5.10 Å². The molecule has 6 heteroatoms. The second kappa shape index (κ2) is 12.1. The number of nitrogens with two attached hydrogens (primary N) is 1. The highest BCUT2D eigenvalue weighted by atomic mass is 16.5. The zero-order valence-corrected chi connectivity index (χ0v) is 23.0. The summed E-state index contributed by atoms with van der Waals surface area (Å²) in [6, 6.07) is 37.1. The number of H-pyrrole nitrogens is 1. The number of aryl methyl sites for hydroxylation is 1. The molecule has 2 heterocycles. The molecule has 6 nitrogen and oxygen atoms in total. The lowest BCUT2D eigenvalue weighted by Crippen LogP contribution is -2.31. The summed E-state index contributed by atoms with van der Waals surface area (Å²) in [6.45, 7) is 3.19. The summed E-state index contributed by atoms with van der Waals surface area (Å²) in [6.07, 6.45) is 2.64. The van der Waals surface area contributed by atoms with Crippen LogP contribution in [0.1, 0.15) is 16.8 Å². The molecule has 2 aromatic heterocycles. The Morgan fingerprint density at radius 1 is 0.829 bits per heavy atom. The van der Waals surface area contributed by atoms with Crippen LogP contribution in [0.3, 0.4) is 0 Å². The number of hydrogen-bond acceptors (Lipinski definition) is 5. The van der Waals surface area contributed by atoms with E-state index in [1.165, 1.54) is 5.56 Å². The van der Waals surface area contributed by atoms with E-state index in [2.05, 4.69) is 76.2 Å². The third-order valence-corrected chi connectivity index (χ3v) is 7.24. The van der Waals surface area contributed by atoms with Crippen LogP contribution in [0.25, 0.3) is 33.3 Å². The van der Waals surface area contributed by atoms with E-state index in [-0.39, 0.29) is 6.04 Å². The van der Waals surface area contributed by atoms with Crippen molar-refractivity contribution in [2.45, 2.75) is 26.0 Å². The van der Waals surface area contributed by atoms with E-state index in [9.17, 15) is 0 Å². The van der Waals surface area contributed by atoms with Gasteiger partial charge in [-0.15, -0.1) is 0 Å². The summed E-state index contributed by atoms with van der Waals surface area (Å²) >= 11 is 0. The second-order valence-electron chi connectivity index (χ2n) is 10.3. The minimum absolute atomic E-state index is 0.0618. The number of ether oxygens (including phenoxy) is 1. The van der Waals surface area contributed by atoms with Crippen molar-refractivity contribution in [2.24, 2.45) is 5.73 Å². The van der Waals surface area contributed by atoms with Gasteiger partial charge < -0.3 is 15.8 Å². The lowest BCUT2D eigenvalue weighted by molar-refractivity contribution is 0.306. The summed E-state index contributed by atoms with van der Waals surface area (Å²) in [5.41, 5.74) is 16.0. The van der Waals surface area contributed by atoms with Crippen molar-refractivity contribution in [3.05, 3.63) is 132 Å². The van der Waals surface area contributed by atoms with Crippen molar-refractivity contribution in [3.63, 3.8) is 0 Å². The maximum atomic E-state index is 6.54. The molecule has 4 aromatic carbocycles. The van der Waals surface area contributed by atoms with Crippen molar-refractivity contribution in [2.75, 3.05) is 11.9 Å². The minimum Gasteiger partial charge on any atom is -0.489 e. The first kappa shape index (κ1) is 26.3. The molecule has 0 spiro atoms. The van der Waals surface area contributed by atoms with Crippen LogP contribution >= 0.6 is 0 Å². The van der Waals surface area contributed by atoms with Gasteiger partial charge >= 0.3 is 0 Å². The Labute approximate surface area is 240 Å². The Morgan fingerprint density at radius 2 is 1.59 bits per heavy atom. The normalized spacial score (nSPS) is 11.9. The molecule has 0 bridgehead atoms. The standard InChI is InChI=1S/C35H33N5O/c1-24-32-19-28(14-17-34(32)40-39-24)33-20-30(22-38-35(33)27-10-6-3-7-11-27)37-21-29(36)18-25-12-15-31(16-13-25)41-23-26-8-4-2-5-9-26/h2-17,19-20,22,29,37H,18,21,23,36H2,1H3,(H,39,40)/t29-/m1/s1. The SMILES string of the molecule is Cc1n[nH]c2ccc(-c3cc(NC[C@H](N)Cc4ccc(OCc5ccccc5)cc4)cnc3-c3ccccc3)cc12. The molecule has 0 unspecified atom stereocenters. The molecule has 1 atom stereocenters. The molecule has 41 heavy (non-hydrogen) atoms. The van der Waals surface area contributed by atoms with E-state index in [0.29, 0.717) is 13.2 Å². The monoisotopic (exact) mass is 539 g/mol. The van der Waals surface area contributed by atoms with Gasteiger partial charge in [0.1, 0.15) is 12.4 Å². The molecule has 204 valence electrons. The van der Waals surface area contributed by atoms with Crippen LogP contribution in [-0.2, 0) is 13.0 Å². The molecule has 6 rings (SSSR count). The third-order valence-electron chi connectivity index (χ3n) is 7.24. The van der Waals surface area contributed by atoms with Gasteiger partial charge in [0, 0.05) is 29.1 Å². The first-order valence-corrected chi connectivity index (χ1v) is 13.9. The van der Waals surface area contributed by atoms with Gasteiger partial charge in [0.2, 0.25) is 0 Å². The van der Waals surface area contributed by atoms with Crippen LogP contribution in [-0.4, -0.2) is 27.8 Å². The molecule has 6 aromatic rings. The largest absolute Gasteiger partial charge is 0.489 e. The van der Waals surface area contributed by atoms with Gasteiger partial charge in [-0.1, -0.05) is 78.9 Å². The first-order valence-electron chi connectivity index (χ1n) is 13.9. The highest BCUT2D eigenvalue weighted by Crippen LogP contribution is 2.34. The molecule has 0 amide bonds. The average Bonchev–Trinajstić information content (AvgIpc) is 3.40. The molecule has 0 saturated heterocycles. The minimum atomic E-state index is -0.0618. The Bertz CT molecular complexity index is 1730. The van der Waals surface area contributed by atoms with E-state index in [0.717, 1.165) is 62.4 Å². The first-order chi connectivity index (χ1) is 20.1. The van der Waals surface area contributed by atoms with E-state index < -0.39 is 0 Å². The molecule has 4 N–H and O–H groups in total. The molecule has 0 fully saturated rings. The summed E-state index contributed by atoms with van der Waals surface area (Å²) in [5, 5.41) is 12.1. The van der Waals surface area contributed by atoms with Crippen LogP contribution in [0.5, 0.6) is 5.75 Å². The van der Waals surface area contributed by atoms with Crippen molar-refractivity contribution >= 4 is 16.6 Å². The quantitative estimate of drug-likeness (QED) is 0.172. The van der Waals surface area contributed by atoms with Gasteiger partial charge in [-0.25, -0.2) is 0 Å². The fraction of sp³-hybridized carbons (Fsp3) is 0.143. The summed E-state index contributed by atoms with van der Waals surface area (Å²) < 4.78 is 5.92. The predicted octanol–water partition coefficient (Wildman–Crippen LogP) is 7.16. The predicted molar refractivity (Wildman–Crippen MR) is 167 cm³/mol. The smallest absolute Gasteiger partial charge is 0.119 e. The molecular weight excluding hydrogens is 506 g/mol. The number of benzene rings is 4. The van der Waals surface area contributed by atoms with Crippen molar-refractivity contribution in [3.8, 4) is 28.1 Å². The topological polar surface area (TPSA) is 88.9 Å².